The first-order valence-electron chi connectivity index (χ1n) is 10.0. The van der Waals surface area contributed by atoms with E-state index >= 15 is 0 Å². The van der Waals surface area contributed by atoms with Crippen molar-refractivity contribution in [3.8, 4) is 17.1 Å². The van der Waals surface area contributed by atoms with Gasteiger partial charge in [0.15, 0.2) is 6.10 Å². The Hall–Kier alpha value is -3.48. The lowest BCUT2D eigenvalue weighted by Crippen LogP contribution is -2.39. The average molecular weight is 404 g/mol. The molecule has 30 heavy (non-hydrogen) atoms. The van der Waals surface area contributed by atoms with E-state index in [9.17, 15) is 9.59 Å². The number of benzene rings is 1. The first-order chi connectivity index (χ1) is 14.5. The van der Waals surface area contributed by atoms with Crippen LogP contribution >= 0.6 is 0 Å². The van der Waals surface area contributed by atoms with E-state index in [1.807, 2.05) is 31.2 Å². The molecule has 1 saturated heterocycles. The van der Waals surface area contributed by atoms with E-state index in [-0.39, 0.29) is 17.4 Å². The molecule has 3 aromatic rings. The number of pyridine rings is 1. The number of carbonyl (C=O) groups is 1. The number of nitrogens with one attached hydrogen (secondary N) is 1. The first-order valence-corrected chi connectivity index (χ1v) is 10.0. The highest BCUT2D eigenvalue weighted by atomic mass is 16.5. The number of H-pyrrole nitrogens is 1. The van der Waals surface area contributed by atoms with Crippen molar-refractivity contribution < 1.29 is 9.53 Å². The summed E-state index contributed by atoms with van der Waals surface area (Å²) in [5, 5.41) is 0. The Morgan fingerprint density at radius 3 is 2.67 bits per heavy atom. The predicted molar refractivity (Wildman–Crippen MR) is 113 cm³/mol. The maximum Gasteiger partial charge on any atom is 0.263 e. The molecule has 1 aromatic carbocycles. The third-order valence-electron chi connectivity index (χ3n) is 5.32. The number of aromatic amines is 1. The zero-order chi connectivity index (χ0) is 21.1. The van der Waals surface area contributed by atoms with Gasteiger partial charge >= 0.3 is 0 Å². The van der Waals surface area contributed by atoms with Crippen molar-refractivity contribution >= 4 is 5.91 Å². The Balaban J connectivity index is 1.45. The standard InChI is InChI=1S/C23H24N4O3/c1-15-3-5-19(6-4-15)30-16(2)23(29)27-12-9-18(14-27)20-13-21(28)26-22(25-20)17-7-10-24-11-8-17/h3-8,10-11,13,16,18H,9,12,14H2,1-2H3,(H,25,26,28). The molecule has 7 nitrogen and oxygen atoms in total. The molecule has 154 valence electrons. The second-order valence-corrected chi connectivity index (χ2v) is 7.60. The second kappa shape index (κ2) is 8.49. The Morgan fingerprint density at radius 2 is 1.93 bits per heavy atom. The van der Waals surface area contributed by atoms with Crippen molar-refractivity contribution in [2.75, 3.05) is 13.1 Å². The van der Waals surface area contributed by atoms with Gasteiger partial charge in [-0.25, -0.2) is 4.98 Å². The molecular formula is C23H24N4O3. The first kappa shape index (κ1) is 19.8. The van der Waals surface area contributed by atoms with Crippen LogP contribution in [0.15, 0.2) is 59.7 Å². The van der Waals surface area contributed by atoms with Crippen LogP contribution in [0.5, 0.6) is 5.75 Å². The fourth-order valence-electron chi connectivity index (χ4n) is 3.66. The molecule has 1 aliphatic rings. The summed E-state index contributed by atoms with van der Waals surface area (Å²) in [6.07, 6.45) is 3.50. The normalized spacial score (nSPS) is 17.0. The van der Waals surface area contributed by atoms with Gasteiger partial charge in [-0.1, -0.05) is 17.7 Å². The van der Waals surface area contributed by atoms with Crippen LogP contribution in [-0.4, -0.2) is 45.0 Å². The number of aromatic nitrogens is 3. The quantitative estimate of drug-likeness (QED) is 0.706. The lowest BCUT2D eigenvalue weighted by atomic mass is 10.0. The maximum atomic E-state index is 12.9. The molecule has 0 spiro atoms. The van der Waals surface area contributed by atoms with Crippen LogP contribution in [0, 0.1) is 6.92 Å². The number of amides is 1. The van der Waals surface area contributed by atoms with Gasteiger partial charge in [-0.15, -0.1) is 0 Å². The summed E-state index contributed by atoms with van der Waals surface area (Å²) >= 11 is 0. The Kier molecular flexibility index (Phi) is 5.61. The fourth-order valence-corrected chi connectivity index (χ4v) is 3.66. The van der Waals surface area contributed by atoms with Crippen LogP contribution in [-0.2, 0) is 4.79 Å². The zero-order valence-corrected chi connectivity index (χ0v) is 17.0. The summed E-state index contributed by atoms with van der Waals surface area (Å²) in [7, 11) is 0. The zero-order valence-electron chi connectivity index (χ0n) is 17.0. The molecule has 1 fully saturated rings. The lowest BCUT2D eigenvalue weighted by Gasteiger charge is -2.22. The molecule has 2 aromatic heterocycles. The highest BCUT2D eigenvalue weighted by Crippen LogP contribution is 2.27. The molecule has 4 rings (SSSR count). The topological polar surface area (TPSA) is 88.2 Å². The van der Waals surface area contributed by atoms with E-state index in [1.54, 1.807) is 36.4 Å². The molecule has 0 saturated carbocycles. The highest BCUT2D eigenvalue weighted by molar-refractivity contribution is 5.81. The van der Waals surface area contributed by atoms with Crippen LogP contribution < -0.4 is 10.3 Å². The molecule has 1 aliphatic heterocycles. The number of nitrogens with zero attached hydrogens (tertiary/aromatic N) is 3. The summed E-state index contributed by atoms with van der Waals surface area (Å²) in [5.41, 5.74) is 2.44. The molecule has 1 amide bonds. The van der Waals surface area contributed by atoms with E-state index in [0.29, 0.717) is 30.4 Å². The number of carbonyl (C=O) groups excluding carboxylic acids is 1. The van der Waals surface area contributed by atoms with E-state index in [1.165, 1.54) is 6.07 Å². The molecular weight excluding hydrogens is 380 g/mol. The van der Waals surface area contributed by atoms with Crippen molar-refractivity contribution in [2.24, 2.45) is 0 Å². The second-order valence-electron chi connectivity index (χ2n) is 7.60. The lowest BCUT2D eigenvalue weighted by molar-refractivity contribution is -0.136. The minimum atomic E-state index is -0.578. The van der Waals surface area contributed by atoms with Gasteiger partial charge in [-0.3, -0.25) is 14.6 Å². The Morgan fingerprint density at radius 1 is 1.20 bits per heavy atom. The van der Waals surface area contributed by atoms with Crippen LogP contribution in [0.2, 0.25) is 0 Å². The fraction of sp³-hybridized carbons (Fsp3) is 0.304. The summed E-state index contributed by atoms with van der Waals surface area (Å²) in [6.45, 7) is 4.91. The molecule has 7 heteroatoms. The average Bonchev–Trinajstić information content (AvgIpc) is 3.25. The minimum Gasteiger partial charge on any atom is -0.481 e. The van der Waals surface area contributed by atoms with E-state index in [2.05, 4.69) is 15.0 Å². The van der Waals surface area contributed by atoms with Gasteiger partial charge in [-0.2, -0.15) is 0 Å². The SMILES string of the molecule is Cc1ccc(OC(C)C(=O)N2CCC(c3cc(=O)[nH]c(-c4ccncc4)n3)C2)cc1. The number of likely N-dealkylation sites (tertiary alicyclic amines) is 1. The number of rotatable bonds is 5. The number of hydrogen-bond donors (Lipinski definition) is 1. The van der Waals surface area contributed by atoms with E-state index < -0.39 is 6.10 Å². The van der Waals surface area contributed by atoms with Crippen molar-refractivity contribution in [1.82, 2.24) is 19.9 Å². The molecule has 0 radical (unpaired) electrons. The van der Waals surface area contributed by atoms with Gasteiger partial charge < -0.3 is 14.6 Å². The summed E-state index contributed by atoms with van der Waals surface area (Å²) in [4.78, 5) is 38.2. The summed E-state index contributed by atoms with van der Waals surface area (Å²) < 4.78 is 5.81. The van der Waals surface area contributed by atoms with Crippen molar-refractivity contribution in [3.63, 3.8) is 0 Å². The molecule has 2 atom stereocenters. The van der Waals surface area contributed by atoms with Gasteiger partial charge in [0, 0.05) is 43.0 Å². The predicted octanol–water partition coefficient (Wildman–Crippen LogP) is 2.92. The molecule has 2 unspecified atom stereocenters. The van der Waals surface area contributed by atoms with Crippen molar-refractivity contribution in [2.45, 2.75) is 32.3 Å². The number of ether oxygens (including phenoxy) is 1. The molecule has 1 N–H and O–H groups in total. The molecule has 0 bridgehead atoms. The third kappa shape index (κ3) is 4.40. The van der Waals surface area contributed by atoms with Crippen molar-refractivity contribution in [3.05, 3.63) is 76.5 Å². The minimum absolute atomic E-state index is 0.0170. The molecule has 0 aliphatic carbocycles. The van der Waals surface area contributed by atoms with Crippen LogP contribution in [0.4, 0.5) is 0 Å². The van der Waals surface area contributed by atoms with Gasteiger partial charge in [0.05, 0.1) is 5.69 Å². The number of aryl methyl sites for hydroxylation is 1. The highest BCUT2D eigenvalue weighted by Gasteiger charge is 2.31. The number of hydrogen-bond acceptors (Lipinski definition) is 5. The summed E-state index contributed by atoms with van der Waals surface area (Å²) in [5.74, 6) is 1.15. The van der Waals surface area contributed by atoms with E-state index in [0.717, 1.165) is 17.5 Å². The van der Waals surface area contributed by atoms with Crippen LogP contribution in [0.1, 0.15) is 30.5 Å². The van der Waals surface area contributed by atoms with E-state index in [4.69, 9.17) is 4.74 Å². The van der Waals surface area contributed by atoms with Crippen LogP contribution in [0.25, 0.3) is 11.4 Å². The van der Waals surface area contributed by atoms with Crippen LogP contribution in [0.3, 0.4) is 0 Å². The monoisotopic (exact) mass is 404 g/mol. The maximum absolute atomic E-state index is 12.9. The smallest absolute Gasteiger partial charge is 0.263 e. The molecule has 3 heterocycles. The largest absolute Gasteiger partial charge is 0.481 e. The Labute approximate surface area is 174 Å². The van der Waals surface area contributed by atoms with Gasteiger partial charge in [0.1, 0.15) is 11.6 Å². The van der Waals surface area contributed by atoms with Gasteiger partial charge in [-0.05, 0) is 44.5 Å². The van der Waals surface area contributed by atoms with Crippen molar-refractivity contribution in [1.29, 1.82) is 0 Å². The Bertz CT molecular complexity index is 1080. The summed E-state index contributed by atoms with van der Waals surface area (Å²) in [6, 6.07) is 12.8. The van der Waals surface area contributed by atoms with Gasteiger partial charge in [0.25, 0.3) is 11.5 Å². The third-order valence-corrected chi connectivity index (χ3v) is 5.32. The van der Waals surface area contributed by atoms with Gasteiger partial charge in [0.2, 0.25) is 0 Å².